The van der Waals surface area contributed by atoms with Crippen LogP contribution < -0.4 is 5.32 Å². The Morgan fingerprint density at radius 2 is 1.54 bits per heavy atom. The van der Waals surface area contributed by atoms with Crippen LogP contribution in [0.4, 0.5) is 43.9 Å². The van der Waals surface area contributed by atoms with E-state index in [-0.39, 0.29) is 22.2 Å². The van der Waals surface area contributed by atoms with E-state index in [0.717, 1.165) is 25.1 Å². The first-order valence-electron chi connectivity index (χ1n) is 10.7. The van der Waals surface area contributed by atoms with Crippen molar-refractivity contribution in [3.05, 3.63) is 74.8 Å². The molecule has 2 rings (SSSR count). The molecule has 1 amide bonds. The summed E-state index contributed by atoms with van der Waals surface area (Å²) in [5.41, 5.74) is -4.25. The molecule has 2 atom stereocenters. The quantitative estimate of drug-likeness (QED) is 0.240. The van der Waals surface area contributed by atoms with Crippen LogP contribution in [0.25, 0.3) is 5.83 Å². The van der Waals surface area contributed by atoms with Crippen molar-refractivity contribution in [2.75, 3.05) is 6.54 Å². The summed E-state index contributed by atoms with van der Waals surface area (Å²) in [4.78, 5) is 24.3. The number of hydrogen-bond donors (Lipinski definition) is 1. The molecular weight excluding hydrogens is 595 g/mol. The molecule has 0 heterocycles. The van der Waals surface area contributed by atoms with E-state index in [1.807, 2.05) is 0 Å². The number of nitrogens with one attached hydrogen (secondary N) is 1. The standard InChI is InChI=1S/C24H17Cl2F10NO2/c1-11(21(39)37-10-22(28,29)30)6-20(38)14-4-2-13(7-16(14)24(34,35)36)19(27)9-15(23(31,32)33)12-3-5-17(25)18(26)8-12/h2-5,7-9,11,15H,6,10H2,1H3,(H,37,39)/b19-9-/t11-,15?/m0/s1. The number of ketones is 1. The van der Waals surface area contributed by atoms with Crippen LogP contribution in [0.3, 0.4) is 0 Å². The van der Waals surface area contributed by atoms with Gasteiger partial charge in [-0.25, -0.2) is 4.39 Å². The van der Waals surface area contributed by atoms with Crippen LogP contribution in [-0.4, -0.2) is 30.6 Å². The number of halogens is 12. The molecule has 39 heavy (non-hydrogen) atoms. The number of amides is 1. The summed E-state index contributed by atoms with van der Waals surface area (Å²) in [5, 5.41) is 1.13. The Hall–Kier alpha value is -2.80. The second-order valence-electron chi connectivity index (χ2n) is 8.33. The Balaban J connectivity index is 2.42. The molecule has 0 fully saturated rings. The molecular formula is C24H17Cl2F10NO2. The Bertz CT molecular complexity index is 1250. The van der Waals surface area contributed by atoms with Gasteiger partial charge in [-0.1, -0.05) is 48.3 Å². The van der Waals surface area contributed by atoms with Crippen molar-refractivity contribution in [2.24, 2.45) is 5.92 Å². The first kappa shape index (κ1) is 32.4. The Morgan fingerprint density at radius 3 is 2.05 bits per heavy atom. The minimum absolute atomic E-state index is 0.0314. The molecule has 0 saturated carbocycles. The monoisotopic (exact) mass is 611 g/mol. The third-order valence-electron chi connectivity index (χ3n) is 5.27. The number of benzene rings is 2. The number of Topliss-reactive ketones (excluding diaryl/α,β-unsaturated/α-hetero) is 1. The summed E-state index contributed by atoms with van der Waals surface area (Å²) in [5.74, 6) is -8.35. The molecule has 2 aromatic rings. The van der Waals surface area contributed by atoms with Gasteiger partial charge in [0.15, 0.2) is 5.78 Å². The molecule has 0 aliphatic rings. The van der Waals surface area contributed by atoms with Crippen molar-refractivity contribution >= 4 is 40.7 Å². The minimum atomic E-state index is -5.28. The first-order valence-corrected chi connectivity index (χ1v) is 11.4. The molecule has 0 bridgehead atoms. The summed E-state index contributed by atoms with van der Waals surface area (Å²) < 4.78 is 134. The van der Waals surface area contributed by atoms with Gasteiger partial charge in [0.25, 0.3) is 0 Å². The van der Waals surface area contributed by atoms with E-state index in [9.17, 15) is 53.5 Å². The van der Waals surface area contributed by atoms with Crippen LogP contribution in [0.2, 0.25) is 10.0 Å². The normalized spacial score (nSPS) is 14.6. The maximum Gasteiger partial charge on any atom is 0.417 e. The molecule has 2 aromatic carbocycles. The number of rotatable bonds is 8. The molecule has 0 radical (unpaired) electrons. The van der Waals surface area contributed by atoms with E-state index in [1.54, 1.807) is 0 Å². The zero-order valence-electron chi connectivity index (χ0n) is 19.5. The highest BCUT2D eigenvalue weighted by molar-refractivity contribution is 6.42. The number of alkyl halides is 9. The third kappa shape index (κ3) is 9.13. The van der Waals surface area contributed by atoms with E-state index in [1.165, 1.54) is 5.32 Å². The maximum atomic E-state index is 14.9. The van der Waals surface area contributed by atoms with E-state index in [2.05, 4.69) is 0 Å². The molecule has 0 aromatic heterocycles. The Labute approximate surface area is 224 Å². The van der Waals surface area contributed by atoms with E-state index in [0.29, 0.717) is 12.1 Å². The molecule has 1 N–H and O–H groups in total. The number of hydrogen-bond acceptors (Lipinski definition) is 2. The fourth-order valence-electron chi connectivity index (χ4n) is 3.34. The number of allylic oxidation sites excluding steroid dienone is 1. The summed E-state index contributed by atoms with van der Waals surface area (Å²) in [6.07, 6.45) is -16.0. The topological polar surface area (TPSA) is 46.2 Å². The molecule has 0 saturated heterocycles. The first-order chi connectivity index (χ1) is 17.7. The van der Waals surface area contributed by atoms with Crippen molar-refractivity contribution in [3.63, 3.8) is 0 Å². The third-order valence-corrected chi connectivity index (χ3v) is 6.01. The number of carbonyl (C=O) groups is 2. The number of carbonyl (C=O) groups excluding carboxylic acids is 2. The van der Waals surface area contributed by atoms with Gasteiger partial charge in [0, 0.05) is 23.5 Å². The SMILES string of the molecule is C[C@@H](CC(=O)c1ccc(/C(F)=C/C(c2ccc(Cl)c(Cl)c2)C(F)(F)F)cc1C(F)(F)F)C(=O)NCC(F)(F)F. The average molecular weight is 612 g/mol. The molecule has 214 valence electrons. The average Bonchev–Trinajstić information content (AvgIpc) is 2.80. The predicted molar refractivity (Wildman–Crippen MR) is 123 cm³/mol. The van der Waals surface area contributed by atoms with Crippen LogP contribution in [0.5, 0.6) is 0 Å². The van der Waals surface area contributed by atoms with Crippen LogP contribution in [-0.2, 0) is 11.0 Å². The van der Waals surface area contributed by atoms with Gasteiger partial charge in [-0.2, -0.15) is 39.5 Å². The lowest BCUT2D eigenvalue weighted by molar-refractivity contribution is -0.140. The molecule has 15 heteroatoms. The zero-order valence-corrected chi connectivity index (χ0v) is 21.0. The van der Waals surface area contributed by atoms with Crippen LogP contribution >= 0.6 is 23.2 Å². The van der Waals surface area contributed by atoms with Gasteiger partial charge in [0.05, 0.1) is 15.6 Å². The summed E-state index contributed by atoms with van der Waals surface area (Å²) in [7, 11) is 0. The van der Waals surface area contributed by atoms with E-state index in [4.69, 9.17) is 23.2 Å². The van der Waals surface area contributed by atoms with Gasteiger partial charge in [0.2, 0.25) is 5.91 Å². The molecule has 1 unspecified atom stereocenters. The highest BCUT2D eigenvalue weighted by atomic mass is 35.5. The second-order valence-corrected chi connectivity index (χ2v) is 9.14. The van der Waals surface area contributed by atoms with Crippen molar-refractivity contribution in [2.45, 2.75) is 37.8 Å². The van der Waals surface area contributed by atoms with Crippen molar-refractivity contribution in [1.82, 2.24) is 5.32 Å². The highest BCUT2D eigenvalue weighted by Gasteiger charge is 2.41. The smallest absolute Gasteiger partial charge is 0.347 e. The maximum absolute atomic E-state index is 14.9. The highest BCUT2D eigenvalue weighted by Crippen LogP contribution is 2.41. The summed E-state index contributed by atoms with van der Waals surface area (Å²) in [6, 6.07) is 4.01. The van der Waals surface area contributed by atoms with Crippen molar-refractivity contribution in [1.29, 1.82) is 0 Å². The fraction of sp³-hybridized carbons (Fsp3) is 0.333. The van der Waals surface area contributed by atoms with Gasteiger partial charge in [-0.15, -0.1) is 0 Å². The lowest BCUT2D eigenvalue weighted by Crippen LogP contribution is -2.37. The molecule has 0 spiro atoms. The predicted octanol–water partition coefficient (Wildman–Crippen LogP) is 8.56. The zero-order chi connectivity index (χ0) is 29.9. The van der Waals surface area contributed by atoms with Crippen LogP contribution in [0.15, 0.2) is 42.5 Å². The Morgan fingerprint density at radius 1 is 0.923 bits per heavy atom. The molecule has 3 nitrogen and oxygen atoms in total. The van der Waals surface area contributed by atoms with Crippen molar-refractivity contribution < 1.29 is 53.5 Å². The van der Waals surface area contributed by atoms with E-state index < -0.39 is 83.1 Å². The Kier molecular flexibility index (Phi) is 10.1. The molecule has 0 aliphatic heterocycles. The van der Waals surface area contributed by atoms with Crippen molar-refractivity contribution in [3.8, 4) is 0 Å². The molecule has 0 aliphatic carbocycles. The van der Waals surface area contributed by atoms with Gasteiger partial charge < -0.3 is 5.32 Å². The van der Waals surface area contributed by atoms with Gasteiger partial charge in [0.1, 0.15) is 18.3 Å². The summed E-state index contributed by atoms with van der Waals surface area (Å²) >= 11 is 11.4. The lowest BCUT2D eigenvalue weighted by Gasteiger charge is -2.19. The largest absolute Gasteiger partial charge is 0.417 e. The van der Waals surface area contributed by atoms with E-state index >= 15 is 0 Å². The van der Waals surface area contributed by atoms with Crippen LogP contribution in [0, 0.1) is 5.92 Å². The fourth-order valence-corrected chi connectivity index (χ4v) is 3.65. The van der Waals surface area contributed by atoms with Gasteiger partial charge >= 0.3 is 18.5 Å². The van der Waals surface area contributed by atoms with Gasteiger partial charge in [-0.3, -0.25) is 9.59 Å². The lowest BCUT2D eigenvalue weighted by atomic mass is 9.92. The van der Waals surface area contributed by atoms with Crippen LogP contribution in [0.1, 0.15) is 46.3 Å². The van der Waals surface area contributed by atoms with Gasteiger partial charge in [-0.05, 0) is 29.8 Å². The second kappa shape index (κ2) is 12.2. The minimum Gasteiger partial charge on any atom is -0.347 e. The summed E-state index contributed by atoms with van der Waals surface area (Å²) in [6.45, 7) is -0.715.